The van der Waals surface area contributed by atoms with Crippen molar-refractivity contribution in [3.63, 3.8) is 0 Å². The van der Waals surface area contributed by atoms with Crippen LogP contribution >= 0.6 is 0 Å². The Hall–Kier alpha value is -1.12. The number of rotatable bonds is 0. The van der Waals surface area contributed by atoms with Crippen LogP contribution in [0.3, 0.4) is 0 Å². The van der Waals surface area contributed by atoms with Crippen LogP contribution < -0.4 is 5.32 Å². The minimum absolute atomic E-state index is 0.165. The van der Waals surface area contributed by atoms with Gasteiger partial charge in [0.15, 0.2) is 0 Å². The number of nitrogens with one attached hydrogen (secondary N) is 1. The first-order chi connectivity index (χ1) is 5.68. The summed E-state index contributed by atoms with van der Waals surface area (Å²) in [6.45, 7) is 2.11. The van der Waals surface area contributed by atoms with Gasteiger partial charge in [-0.15, -0.1) is 0 Å². The van der Waals surface area contributed by atoms with Crippen LogP contribution in [-0.2, 0) is 9.59 Å². The third-order valence-corrected chi connectivity index (χ3v) is 2.58. The summed E-state index contributed by atoms with van der Waals surface area (Å²) in [4.78, 5) is 22.3. The van der Waals surface area contributed by atoms with E-state index in [1.807, 2.05) is 0 Å². The Morgan fingerprint density at radius 1 is 1.25 bits per heavy atom. The van der Waals surface area contributed by atoms with Crippen LogP contribution in [0.25, 0.3) is 0 Å². The lowest BCUT2D eigenvalue weighted by molar-refractivity contribution is -0.124. The summed E-state index contributed by atoms with van der Waals surface area (Å²) in [5.74, 6) is 0.212. The molecule has 1 atom stereocenters. The van der Waals surface area contributed by atoms with E-state index in [1.54, 1.807) is 0 Å². The van der Waals surface area contributed by atoms with Gasteiger partial charge in [-0.25, -0.2) is 0 Å². The fourth-order valence-electron chi connectivity index (χ4n) is 1.85. The highest BCUT2D eigenvalue weighted by Crippen LogP contribution is 2.31. The number of carbonyl (C=O) groups is 2. The van der Waals surface area contributed by atoms with Gasteiger partial charge >= 0.3 is 0 Å². The zero-order valence-electron chi connectivity index (χ0n) is 7.02. The van der Waals surface area contributed by atoms with Crippen molar-refractivity contribution < 1.29 is 9.59 Å². The van der Waals surface area contributed by atoms with Crippen molar-refractivity contribution in [2.24, 2.45) is 5.92 Å². The molecule has 0 aromatic carbocycles. The molecule has 2 amide bonds. The van der Waals surface area contributed by atoms with E-state index < -0.39 is 0 Å². The number of amides is 2. The minimum Gasteiger partial charge on any atom is -0.289 e. The monoisotopic (exact) mass is 165 g/mol. The molecule has 0 spiro atoms. The average Bonchev–Trinajstić information content (AvgIpc) is 2.28. The molecule has 12 heavy (non-hydrogen) atoms. The molecule has 3 heteroatoms. The Kier molecular flexibility index (Phi) is 1.53. The van der Waals surface area contributed by atoms with Gasteiger partial charge in [0.2, 0.25) is 0 Å². The standard InChI is InChI=1S/C9H11NO2/c1-5-2-3-6-7(4-5)9(12)10-8(6)11/h5H,2-4H2,1H3,(H,10,11,12). The highest BCUT2D eigenvalue weighted by molar-refractivity contribution is 6.19. The number of carbonyl (C=O) groups excluding carboxylic acids is 2. The van der Waals surface area contributed by atoms with Crippen molar-refractivity contribution in [2.45, 2.75) is 26.2 Å². The van der Waals surface area contributed by atoms with Gasteiger partial charge in [-0.05, 0) is 25.2 Å². The van der Waals surface area contributed by atoms with Crippen LogP contribution in [0.4, 0.5) is 0 Å². The van der Waals surface area contributed by atoms with Gasteiger partial charge in [0.1, 0.15) is 0 Å². The van der Waals surface area contributed by atoms with Crippen molar-refractivity contribution in [1.82, 2.24) is 5.32 Å². The van der Waals surface area contributed by atoms with Gasteiger partial charge in [0, 0.05) is 11.1 Å². The third kappa shape index (κ3) is 0.967. The van der Waals surface area contributed by atoms with Gasteiger partial charge in [0.05, 0.1) is 0 Å². The quantitative estimate of drug-likeness (QED) is 0.538. The maximum atomic E-state index is 11.2. The summed E-state index contributed by atoms with van der Waals surface area (Å²) in [6.07, 6.45) is 2.57. The summed E-state index contributed by atoms with van der Waals surface area (Å²) in [6, 6.07) is 0. The van der Waals surface area contributed by atoms with Crippen molar-refractivity contribution in [2.75, 3.05) is 0 Å². The zero-order valence-corrected chi connectivity index (χ0v) is 7.02. The number of hydrogen-bond donors (Lipinski definition) is 1. The lowest BCUT2D eigenvalue weighted by Gasteiger charge is -2.16. The highest BCUT2D eigenvalue weighted by atomic mass is 16.2. The molecular weight excluding hydrogens is 154 g/mol. The van der Waals surface area contributed by atoms with E-state index in [9.17, 15) is 9.59 Å². The highest BCUT2D eigenvalue weighted by Gasteiger charge is 2.33. The fraction of sp³-hybridized carbons (Fsp3) is 0.556. The first kappa shape index (κ1) is 7.53. The molecule has 0 saturated carbocycles. The van der Waals surface area contributed by atoms with Crippen LogP contribution in [0.1, 0.15) is 26.2 Å². The van der Waals surface area contributed by atoms with E-state index in [-0.39, 0.29) is 11.8 Å². The summed E-state index contributed by atoms with van der Waals surface area (Å²) in [5.41, 5.74) is 1.47. The van der Waals surface area contributed by atoms with Crippen LogP contribution in [0, 0.1) is 5.92 Å². The zero-order chi connectivity index (χ0) is 8.72. The molecule has 2 aliphatic rings. The van der Waals surface area contributed by atoms with Gasteiger partial charge in [-0.1, -0.05) is 6.92 Å². The summed E-state index contributed by atoms with van der Waals surface area (Å²) >= 11 is 0. The summed E-state index contributed by atoms with van der Waals surface area (Å²) < 4.78 is 0. The molecule has 0 aromatic heterocycles. The van der Waals surface area contributed by atoms with E-state index in [1.165, 1.54) is 0 Å². The lowest BCUT2D eigenvalue weighted by atomic mass is 9.86. The van der Waals surface area contributed by atoms with Crippen LogP contribution in [-0.4, -0.2) is 11.8 Å². The molecule has 1 heterocycles. The Morgan fingerprint density at radius 2 is 1.92 bits per heavy atom. The molecule has 0 aromatic rings. The van der Waals surface area contributed by atoms with Gasteiger partial charge < -0.3 is 0 Å². The molecule has 0 radical (unpaired) electrons. The summed E-state index contributed by atoms with van der Waals surface area (Å²) in [7, 11) is 0. The van der Waals surface area contributed by atoms with E-state index in [0.717, 1.165) is 30.4 Å². The molecule has 0 bridgehead atoms. The predicted molar refractivity (Wildman–Crippen MR) is 43.2 cm³/mol. The maximum Gasteiger partial charge on any atom is 0.254 e. The molecule has 0 fully saturated rings. The molecule has 64 valence electrons. The Balaban J connectivity index is 2.35. The fourth-order valence-corrected chi connectivity index (χ4v) is 1.85. The smallest absolute Gasteiger partial charge is 0.254 e. The van der Waals surface area contributed by atoms with Crippen molar-refractivity contribution >= 4 is 11.8 Å². The Morgan fingerprint density at radius 3 is 2.67 bits per heavy atom. The average molecular weight is 165 g/mol. The second kappa shape index (κ2) is 2.44. The first-order valence-corrected chi connectivity index (χ1v) is 4.26. The van der Waals surface area contributed by atoms with E-state index >= 15 is 0 Å². The molecule has 0 saturated heterocycles. The van der Waals surface area contributed by atoms with Crippen molar-refractivity contribution in [1.29, 1.82) is 0 Å². The predicted octanol–water partition coefficient (Wildman–Crippen LogP) is 0.759. The molecule has 1 N–H and O–H groups in total. The SMILES string of the molecule is CC1CCC2=C(C1)C(=O)NC2=O. The van der Waals surface area contributed by atoms with E-state index in [0.29, 0.717) is 5.92 Å². The first-order valence-electron chi connectivity index (χ1n) is 4.26. The Bertz CT molecular complexity index is 291. The molecule has 2 rings (SSSR count). The van der Waals surface area contributed by atoms with Gasteiger partial charge in [0.25, 0.3) is 11.8 Å². The largest absolute Gasteiger partial charge is 0.289 e. The third-order valence-electron chi connectivity index (χ3n) is 2.58. The van der Waals surface area contributed by atoms with Crippen LogP contribution in [0.2, 0.25) is 0 Å². The molecule has 1 unspecified atom stereocenters. The van der Waals surface area contributed by atoms with Crippen molar-refractivity contribution in [3.05, 3.63) is 11.1 Å². The second-order valence-corrected chi connectivity index (χ2v) is 3.59. The topological polar surface area (TPSA) is 46.2 Å². The molecule has 1 aliphatic heterocycles. The molecular formula is C9H11NO2. The van der Waals surface area contributed by atoms with E-state index in [2.05, 4.69) is 12.2 Å². The Labute approximate surface area is 70.8 Å². The number of hydrogen-bond acceptors (Lipinski definition) is 2. The molecule has 1 aliphatic carbocycles. The van der Waals surface area contributed by atoms with Gasteiger partial charge in [-0.3, -0.25) is 14.9 Å². The van der Waals surface area contributed by atoms with Gasteiger partial charge in [-0.2, -0.15) is 0 Å². The van der Waals surface area contributed by atoms with E-state index in [4.69, 9.17) is 0 Å². The normalized spacial score (nSPS) is 28.9. The second-order valence-electron chi connectivity index (χ2n) is 3.59. The van der Waals surface area contributed by atoms with Crippen LogP contribution in [0.5, 0.6) is 0 Å². The number of imide groups is 1. The molecule has 3 nitrogen and oxygen atoms in total. The summed E-state index contributed by atoms with van der Waals surface area (Å²) in [5, 5.41) is 2.33. The van der Waals surface area contributed by atoms with Crippen LogP contribution in [0.15, 0.2) is 11.1 Å². The minimum atomic E-state index is -0.165. The lowest BCUT2D eigenvalue weighted by Crippen LogP contribution is -2.22. The van der Waals surface area contributed by atoms with Crippen molar-refractivity contribution in [3.8, 4) is 0 Å². The maximum absolute atomic E-state index is 11.2.